The van der Waals surface area contributed by atoms with E-state index in [1.165, 1.54) is 29.5 Å². The molecule has 0 unspecified atom stereocenters. The van der Waals surface area contributed by atoms with Crippen LogP contribution in [0.4, 0.5) is 5.95 Å². The van der Waals surface area contributed by atoms with Crippen LogP contribution >= 0.6 is 0 Å². The zero-order valence-corrected chi connectivity index (χ0v) is 17.3. The number of fused-ring (bicyclic) bond motifs is 1. The first kappa shape index (κ1) is 19.2. The van der Waals surface area contributed by atoms with Gasteiger partial charge in [-0.15, -0.1) is 5.10 Å². The number of benzene rings is 1. The van der Waals surface area contributed by atoms with Crippen molar-refractivity contribution < 1.29 is 0 Å². The number of piperidine rings is 1. The quantitative estimate of drug-likeness (QED) is 0.631. The molecule has 0 bridgehead atoms. The summed E-state index contributed by atoms with van der Waals surface area (Å²) < 4.78 is 0. The molecule has 0 radical (unpaired) electrons. The van der Waals surface area contributed by atoms with Crippen LogP contribution in [0.3, 0.4) is 0 Å². The Hall–Kier alpha value is -2.80. The number of hydrogen-bond acceptors (Lipinski definition) is 6. The van der Waals surface area contributed by atoms with Gasteiger partial charge in [-0.1, -0.05) is 29.5 Å². The van der Waals surface area contributed by atoms with Gasteiger partial charge in [-0.3, -0.25) is 5.10 Å². The molecule has 0 amide bonds. The first-order chi connectivity index (χ1) is 14.8. The van der Waals surface area contributed by atoms with Crippen LogP contribution in [0.2, 0.25) is 0 Å². The van der Waals surface area contributed by atoms with Crippen molar-refractivity contribution in [3.8, 4) is 0 Å². The van der Waals surface area contributed by atoms with E-state index in [2.05, 4.69) is 59.9 Å². The maximum atomic E-state index is 4.56. The summed E-state index contributed by atoms with van der Waals surface area (Å²) in [6.45, 7) is 3.41. The van der Waals surface area contributed by atoms with Crippen molar-refractivity contribution >= 4 is 5.95 Å². The van der Waals surface area contributed by atoms with Crippen LogP contribution in [0.15, 0.2) is 42.9 Å². The van der Waals surface area contributed by atoms with E-state index in [-0.39, 0.29) is 0 Å². The fraction of sp³-hybridized carbons (Fsp3) is 0.478. The lowest BCUT2D eigenvalue weighted by Crippen LogP contribution is -2.34. The lowest BCUT2D eigenvalue weighted by Gasteiger charge is -2.30. The van der Waals surface area contributed by atoms with Crippen LogP contribution < -0.4 is 5.32 Å². The summed E-state index contributed by atoms with van der Waals surface area (Å²) in [6.07, 6.45) is 12.5. The van der Waals surface area contributed by atoms with Crippen molar-refractivity contribution in [2.75, 3.05) is 25.0 Å². The molecule has 3 heterocycles. The van der Waals surface area contributed by atoms with Crippen LogP contribution in [-0.4, -0.2) is 56.0 Å². The smallest absolute Gasteiger partial charge is 0.222 e. The van der Waals surface area contributed by atoms with Gasteiger partial charge in [-0.2, -0.15) is 0 Å². The molecule has 30 heavy (non-hydrogen) atoms. The summed E-state index contributed by atoms with van der Waals surface area (Å²) in [4.78, 5) is 11.7. The molecule has 2 aromatic heterocycles. The van der Waals surface area contributed by atoms with Crippen LogP contribution in [0, 0.1) is 0 Å². The number of hydrogen-bond donors (Lipinski definition) is 2. The van der Waals surface area contributed by atoms with Crippen LogP contribution in [0.1, 0.15) is 47.6 Å². The molecule has 0 atom stereocenters. The third-order valence-corrected chi connectivity index (χ3v) is 6.47. The molecule has 5 rings (SSSR count). The number of rotatable bonds is 7. The number of nitrogens with one attached hydrogen (secondary N) is 2. The highest BCUT2D eigenvalue weighted by atomic mass is 15.3. The maximum absolute atomic E-state index is 4.56. The average Bonchev–Trinajstić information content (AvgIpc) is 3.45. The van der Waals surface area contributed by atoms with E-state index in [4.69, 9.17) is 0 Å². The van der Waals surface area contributed by atoms with E-state index >= 15 is 0 Å². The Morgan fingerprint density at radius 2 is 1.77 bits per heavy atom. The lowest BCUT2D eigenvalue weighted by atomic mass is 9.94. The molecule has 7 nitrogen and oxygen atoms in total. The highest BCUT2D eigenvalue weighted by Crippen LogP contribution is 2.26. The summed E-state index contributed by atoms with van der Waals surface area (Å²) in [5.74, 6) is 1.30. The van der Waals surface area contributed by atoms with E-state index in [1.807, 2.05) is 18.6 Å². The molecule has 156 valence electrons. The van der Waals surface area contributed by atoms with Crippen molar-refractivity contribution in [2.45, 2.75) is 50.5 Å². The Balaban J connectivity index is 1.03. The van der Waals surface area contributed by atoms with E-state index in [0.717, 1.165) is 57.0 Å². The number of H-pyrrole nitrogens is 1. The number of aromatic nitrogens is 5. The van der Waals surface area contributed by atoms with Gasteiger partial charge in [-0.25, -0.2) is 9.97 Å². The van der Waals surface area contributed by atoms with Crippen LogP contribution in [0.25, 0.3) is 0 Å². The van der Waals surface area contributed by atoms with Gasteiger partial charge in [0.05, 0.1) is 5.69 Å². The zero-order chi connectivity index (χ0) is 20.2. The van der Waals surface area contributed by atoms with Crippen molar-refractivity contribution in [3.63, 3.8) is 0 Å². The van der Waals surface area contributed by atoms with Crippen molar-refractivity contribution in [1.29, 1.82) is 0 Å². The summed E-state index contributed by atoms with van der Waals surface area (Å²) in [6, 6.07) is 9.07. The molecule has 0 spiro atoms. The summed E-state index contributed by atoms with van der Waals surface area (Å²) in [7, 11) is 0. The van der Waals surface area contributed by atoms with Gasteiger partial charge in [0, 0.05) is 30.6 Å². The fourth-order valence-electron chi connectivity index (χ4n) is 4.77. The molecule has 1 aromatic carbocycles. The third kappa shape index (κ3) is 4.51. The highest BCUT2D eigenvalue weighted by molar-refractivity contribution is 5.38. The van der Waals surface area contributed by atoms with Gasteiger partial charge in [0.2, 0.25) is 5.95 Å². The molecule has 1 aliphatic heterocycles. The normalized spacial score (nSPS) is 17.9. The zero-order valence-electron chi connectivity index (χ0n) is 17.3. The second kappa shape index (κ2) is 8.92. The number of anilines is 1. The van der Waals surface area contributed by atoms with Gasteiger partial charge in [0.25, 0.3) is 0 Å². The number of nitrogens with zero attached hydrogens (tertiary/aromatic N) is 5. The second-order valence-electron chi connectivity index (χ2n) is 8.55. The Kier molecular flexibility index (Phi) is 5.70. The minimum atomic E-state index is 0.397. The fourth-order valence-corrected chi connectivity index (χ4v) is 4.77. The molecule has 2 aliphatic rings. The third-order valence-electron chi connectivity index (χ3n) is 6.47. The van der Waals surface area contributed by atoms with Gasteiger partial charge < -0.3 is 10.2 Å². The highest BCUT2D eigenvalue weighted by Gasteiger charge is 2.22. The molecule has 1 fully saturated rings. The van der Waals surface area contributed by atoms with E-state index < -0.39 is 0 Å². The Morgan fingerprint density at radius 1 is 1.03 bits per heavy atom. The largest absolute Gasteiger partial charge is 0.351 e. The SMILES string of the molecule is c1ccc2c(c1)CC(Nc1ncc(CCCN3CCC(c4c[nH]nn4)CC3)cn1)C2. The minimum Gasteiger partial charge on any atom is -0.351 e. The molecule has 1 aliphatic carbocycles. The second-order valence-corrected chi connectivity index (χ2v) is 8.55. The monoisotopic (exact) mass is 403 g/mol. The Bertz CT molecular complexity index is 905. The molecule has 0 saturated carbocycles. The topological polar surface area (TPSA) is 82.6 Å². The van der Waals surface area contributed by atoms with Crippen molar-refractivity contribution in [3.05, 3.63) is 65.2 Å². The first-order valence-electron chi connectivity index (χ1n) is 11.1. The van der Waals surface area contributed by atoms with E-state index in [0.29, 0.717) is 12.0 Å². The van der Waals surface area contributed by atoms with Gasteiger partial charge >= 0.3 is 0 Å². The average molecular weight is 404 g/mol. The van der Waals surface area contributed by atoms with Crippen LogP contribution in [0.5, 0.6) is 0 Å². The van der Waals surface area contributed by atoms with Gasteiger partial charge in [0.15, 0.2) is 0 Å². The van der Waals surface area contributed by atoms with E-state index in [9.17, 15) is 0 Å². The van der Waals surface area contributed by atoms with Gasteiger partial charge in [0.1, 0.15) is 0 Å². The molecule has 7 heteroatoms. The molecule has 3 aromatic rings. The maximum Gasteiger partial charge on any atom is 0.222 e. The molecule has 1 saturated heterocycles. The van der Waals surface area contributed by atoms with Crippen molar-refractivity contribution in [1.82, 2.24) is 30.3 Å². The minimum absolute atomic E-state index is 0.397. The lowest BCUT2D eigenvalue weighted by molar-refractivity contribution is 0.209. The van der Waals surface area contributed by atoms with Crippen LogP contribution in [-0.2, 0) is 19.3 Å². The van der Waals surface area contributed by atoms with Crippen molar-refractivity contribution in [2.24, 2.45) is 0 Å². The molecular weight excluding hydrogens is 374 g/mol. The molecule has 2 N–H and O–H groups in total. The Labute approximate surface area is 177 Å². The Morgan fingerprint density at radius 3 is 2.43 bits per heavy atom. The number of aryl methyl sites for hydroxylation is 1. The first-order valence-corrected chi connectivity index (χ1v) is 11.1. The predicted molar refractivity (Wildman–Crippen MR) is 116 cm³/mol. The van der Waals surface area contributed by atoms with E-state index in [1.54, 1.807) is 0 Å². The standard InChI is InChI=1S/C23H29N7/c1-2-6-20-13-21(12-19(20)5-1)27-23-24-14-17(15-25-23)4-3-9-30-10-7-18(8-11-30)22-16-26-29-28-22/h1-2,5-6,14-16,18,21H,3-4,7-13H2,(H,24,25,27)(H,26,28,29). The summed E-state index contributed by atoms with van der Waals surface area (Å²) >= 11 is 0. The predicted octanol–water partition coefficient (Wildman–Crippen LogP) is 2.99. The summed E-state index contributed by atoms with van der Waals surface area (Å²) in [5.41, 5.74) is 5.21. The van der Waals surface area contributed by atoms with Gasteiger partial charge in [-0.05, 0) is 74.8 Å². The molecular formula is C23H29N7. The summed E-state index contributed by atoms with van der Waals surface area (Å²) in [5, 5.41) is 14.3. The number of likely N-dealkylation sites (tertiary alicyclic amines) is 1. The number of aromatic amines is 1.